The number of pyridine rings is 1. The van der Waals surface area contributed by atoms with Gasteiger partial charge in [-0.25, -0.2) is 0 Å². The van der Waals surface area contributed by atoms with Crippen LogP contribution in [0.2, 0.25) is 0 Å². The van der Waals surface area contributed by atoms with Crippen LogP contribution in [0.4, 0.5) is 5.69 Å². The van der Waals surface area contributed by atoms with E-state index in [-0.39, 0.29) is 66.8 Å². The van der Waals surface area contributed by atoms with Gasteiger partial charge in [0.05, 0.1) is 33.6 Å². The molecular weight excluding hydrogens is 598 g/mol. The zero-order valence-electron chi connectivity index (χ0n) is 24.5. The maximum atomic E-state index is 14.2. The smallest absolute Gasteiger partial charge is 0.258 e. The van der Waals surface area contributed by atoms with Crippen molar-refractivity contribution in [3.63, 3.8) is 0 Å². The summed E-state index contributed by atoms with van der Waals surface area (Å²) in [4.78, 5) is 85.0. The maximum absolute atomic E-state index is 14.2. The highest BCUT2D eigenvalue weighted by atomic mass is 16.6. The average molecular weight is 620 g/mol. The fourth-order valence-electron chi connectivity index (χ4n) is 6.61. The molecule has 5 aromatic rings. The summed E-state index contributed by atoms with van der Waals surface area (Å²) in [5, 5.41) is 15.8. The molecule has 1 atom stereocenters. The first-order chi connectivity index (χ1) is 22.6. The molecule has 2 N–H and O–H groups in total. The van der Waals surface area contributed by atoms with E-state index in [2.05, 4.69) is 10.3 Å². The molecule has 3 aliphatic carbocycles. The maximum Gasteiger partial charge on any atom is 0.258 e. The van der Waals surface area contributed by atoms with Crippen molar-refractivity contribution in [1.82, 2.24) is 4.98 Å². The zero-order chi connectivity index (χ0) is 32.8. The van der Waals surface area contributed by atoms with Crippen LogP contribution in [0.25, 0.3) is 21.8 Å². The van der Waals surface area contributed by atoms with Crippen LogP contribution in [-0.2, 0) is 0 Å². The average Bonchev–Trinajstić information content (AvgIpc) is 3.23. The van der Waals surface area contributed by atoms with Crippen molar-refractivity contribution in [2.75, 3.05) is 5.32 Å². The number of nitrogens with zero attached hydrogens (tertiary/aromatic N) is 1. The number of H-pyrrole nitrogens is 1. The van der Waals surface area contributed by atoms with Crippen molar-refractivity contribution in [2.45, 2.75) is 12.5 Å². The van der Waals surface area contributed by atoms with E-state index in [1.54, 1.807) is 48.5 Å². The number of aromatic amines is 1. The van der Waals surface area contributed by atoms with E-state index in [1.807, 2.05) is 0 Å². The first kappa shape index (κ1) is 28.0. The van der Waals surface area contributed by atoms with E-state index >= 15 is 0 Å². The van der Waals surface area contributed by atoms with Crippen molar-refractivity contribution in [1.29, 1.82) is 0 Å². The third kappa shape index (κ3) is 3.88. The minimum Gasteiger partial charge on any atom is -0.354 e. The number of aromatic nitrogens is 1. The fourth-order valence-corrected chi connectivity index (χ4v) is 6.61. The van der Waals surface area contributed by atoms with Gasteiger partial charge in [0.2, 0.25) is 0 Å². The van der Waals surface area contributed by atoms with E-state index in [9.17, 15) is 34.1 Å². The van der Waals surface area contributed by atoms with E-state index in [0.29, 0.717) is 10.9 Å². The first-order valence-electron chi connectivity index (χ1n) is 14.7. The van der Waals surface area contributed by atoms with E-state index in [1.165, 1.54) is 55.5 Å². The van der Waals surface area contributed by atoms with Gasteiger partial charge in [-0.1, -0.05) is 60.7 Å². The zero-order valence-corrected chi connectivity index (χ0v) is 24.5. The van der Waals surface area contributed by atoms with Crippen LogP contribution in [0.1, 0.15) is 59.5 Å². The molecule has 0 bridgehead atoms. The topological polar surface area (TPSA) is 156 Å². The molecule has 0 saturated heterocycles. The molecule has 47 heavy (non-hydrogen) atoms. The molecule has 1 aromatic heterocycles. The van der Waals surface area contributed by atoms with Gasteiger partial charge in [0.25, 0.3) is 5.54 Å². The number of ketones is 4. The van der Waals surface area contributed by atoms with Crippen molar-refractivity contribution < 1.29 is 24.1 Å². The molecule has 3 aliphatic rings. The Morgan fingerprint density at radius 1 is 0.723 bits per heavy atom. The van der Waals surface area contributed by atoms with Gasteiger partial charge in [-0.15, -0.1) is 0 Å². The summed E-state index contributed by atoms with van der Waals surface area (Å²) in [7, 11) is 0. The third-order valence-electron chi connectivity index (χ3n) is 8.99. The Bertz CT molecular complexity index is 2540. The molecule has 226 valence electrons. The SMILES string of the molecule is CC1([N+](=O)[O-])C=CC2=C(C(=O)c3ccccc3C2=O)C(Nc2cc3c(=O)c4ccccc4[nH]c3c3c2C(=O)c2ccccc2C3=O)=C1. The lowest BCUT2D eigenvalue weighted by Gasteiger charge is -2.25. The Morgan fingerprint density at radius 2 is 1.30 bits per heavy atom. The van der Waals surface area contributed by atoms with Gasteiger partial charge >= 0.3 is 0 Å². The van der Waals surface area contributed by atoms with Crippen molar-refractivity contribution in [3.8, 4) is 0 Å². The number of carbonyl (C=O) groups is 4. The van der Waals surface area contributed by atoms with E-state index < -0.39 is 39.0 Å². The molecule has 8 rings (SSSR count). The first-order valence-corrected chi connectivity index (χ1v) is 14.7. The van der Waals surface area contributed by atoms with Crippen molar-refractivity contribution in [3.05, 3.63) is 168 Å². The second-order valence-electron chi connectivity index (χ2n) is 11.8. The molecule has 0 saturated carbocycles. The lowest BCUT2D eigenvalue weighted by molar-refractivity contribution is -0.535. The lowest BCUT2D eigenvalue weighted by atomic mass is 9.81. The number of para-hydroxylation sites is 1. The molecule has 0 spiro atoms. The van der Waals surface area contributed by atoms with Gasteiger partial charge in [-0.2, -0.15) is 0 Å². The van der Waals surface area contributed by atoms with Crippen LogP contribution >= 0.6 is 0 Å². The second kappa shape index (κ2) is 9.72. The van der Waals surface area contributed by atoms with Crippen molar-refractivity contribution >= 4 is 50.6 Å². The highest BCUT2D eigenvalue weighted by Gasteiger charge is 2.41. The molecule has 1 heterocycles. The number of fused-ring (bicyclic) bond motifs is 6. The number of allylic oxidation sites excluding steroid dienone is 3. The summed E-state index contributed by atoms with van der Waals surface area (Å²) in [6.45, 7) is 1.31. The molecule has 10 heteroatoms. The van der Waals surface area contributed by atoms with E-state index in [0.717, 1.165) is 0 Å². The number of rotatable bonds is 3. The van der Waals surface area contributed by atoms with Gasteiger partial charge < -0.3 is 10.3 Å². The summed E-state index contributed by atoms with van der Waals surface area (Å²) >= 11 is 0. The Labute approximate surface area is 264 Å². The fraction of sp³-hybridized carbons (Fsp3) is 0.0541. The second-order valence-corrected chi connectivity index (χ2v) is 11.8. The van der Waals surface area contributed by atoms with Gasteiger partial charge in [0.1, 0.15) is 0 Å². The Balaban J connectivity index is 1.44. The Kier molecular flexibility index (Phi) is 5.78. The molecule has 0 amide bonds. The number of anilines is 1. The van der Waals surface area contributed by atoms with Crippen LogP contribution in [0.5, 0.6) is 0 Å². The number of hydrogen-bond acceptors (Lipinski definition) is 8. The number of hydrogen-bond donors (Lipinski definition) is 2. The van der Waals surface area contributed by atoms with Gasteiger partial charge in [-0.3, -0.25) is 34.1 Å². The highest BCUT2D eigenvalue weighted by Crippen LogP contribution is 2.40. The summed E-state index contributed by atoms with van der Waals surface area (Å²) in [6, 6.07) is 20.7. The van der Waals surface area contributed by atoms with Gasteiger partial charge in [0.15, 0.2) is 28.6 Å². The van der Waals surface area contributed by atoms with Crippen LogP contribution in [0.15, 0.2) is 119 Å². The summed E-state index contributed by atoms with van der Waals surface area (Å²) in [5.74, 6) is -2.09. The molecule has 10 nitrogen and oxygen atoms in total. The number of nitrogens with one attached hydrogen (secondary N) is 2. The van der Waals surface area contributed by atoms with Crippen LogP contribution < -0.4 is 10.7 Å². The lowest BCUT2D eigenvalue weighted by Crippen LogP contribution is -2.31. The standard InChI is InChI=1S/C37H21N3O7/c1-37(40(46)47)15-14-23-28(34(43)19-9-3-2-8-18(19)32(23)41)27(17-37)38-26-16-24-31(39-25-13-7-6-12-22(25)33(24)42)30-29(26)35(44)20-10-4-5-11-21(20)36(30)45/h2-17,38H,1H3,(H,39,42). The molecule has 0 aliphatic heterocycles. The largest absolute Gasteiger partial charge is 0.354 e. The van der Waals surface area contributed by atoms with Gasteiger partial charge in [0, 0.05) is 62.0 Å². The Morgan fingerprint density at radius 3 is 1.96 bits per heavy atom. The molecule has 0 radical (unpaired) electrons. The summed E-state index contributed by atoms with van der Waals surface area (Å²) < 4.78 is 0. The summed E-state index contributed by atoms with van der Waals surface area (Å²) in [6.07, 6.45) is 3.71. The predicted octanol–water partition coefficient (Wildman–Crippen LogP) is 5.73. The molecule has 1 unspecified atom stereocenters. The molecule has 0 fully saturated rings. The molecular formula is C37H21N3O7. The summed E-state index contributed by atoms with van der Waals surface area (Å²) in [5.41, 5.74) is -1.57. The predicted molar refractivity (Wildman–Crippen MR) is 174 cm³/mol. The van der Waals surface area contributed by atoms with E-state index in [4.69, 9.17) is 0 Å². The Hall–Kier alpha value is -6.55. The van der Waals surface area contributed by atoms with Crippen LogP contribution in [0, 0.1) is 10.1 Å². The van der Waals surface area contributed by atoms with Crippen LogP contribution in [0.3, 0.4) is 0 Å². The van der Waals surface area contributed by atoms with Gasteiger partial charge in [-0.05, 0) is 30.4 Å². The molecule has 4 aromatic carbocycles. The van der Waals surface area contributed by atoms with Crippen molar-refractivity contribution in [2.24, 2.45) is 0 Å². The normalized spacial score (nSPS) is 18.4. The highest BCUT2D eigenvalue weighted by molar-refractivity contribution is 6.34. The number of nitro groups is 1. The quantitative estimate of drug-likeness (QED) is 0.144. The minimum atomic E-state index is -1.89. The van der Waals surface area contributed by atoms with Crippen LogP contribution in [-0.4, -0.2) is 38.6 Å². The number of carbonyl (C=O) groups excluding carboxylic acids is 4. The number of Topliss-reactive ketones (excluding diaryl/α,β-unsaturated/α-hetero) is 2. The third-order valence-corrected chi connectivity index (χ3v) is 8.99. The minimum absolute atomic E-state index is 0.0223. The monoisotopic (exact) mass is 619 g/mol. The number of benzene rings is 4.